The third kappa shape index (κ3) is 3.07. The maximum atomic E-state index is 5.75. The first kappa shape index (κ1) is 14.1. The number of rotatable bonds is 5. The third-order valence-electron chi connectivity index (χ3n) is 3.78. The Balaban J connectivity index is 1.76. The first-order chi connectivity index (χ1) is 10.2. The van der Waals surface area contributed by atoms with Crippen LogP contribution in [0.2, 0.25) is 0 Å². The van der Waals surface area contributed by atoms with Gasteiger partial charge in [0.15, 0.2) is 0 Å². The summed E-state index contributed by atoms with van der Waals surface area (Å²) in [4.78, 5) is 16.4. The Labute approximate surface area is 127 Å². The predicted octanol–water partition coefficient (Wildman–Crippen LogP) is 1.12. The van der Waals surface area contributed by atoms with Gasteiger partial charge in [-0.05, 0) is 19.1 Å². The number of anilines is 2. The smallest absolute Gasteiger partial charge is 0.258 e. The zero-order chi connectivity index (χ0) is 14.7. The summed E-state index contributed by atoms with van der Waals surface area (Å²) in [6, 6.07) is 0. The molecular weight excluding hydrogens is 288 g/mol. The lowest BCUT2D eigenvalue weighted by Crippen LogP contribution is -2.30. The van der Waals surface area contributed by atoms with E-state index in [0.717, 1.165) is 6.54 Å². The molecule has 112 valence electrons. The van der Waals surface area contributed by atoms with Gasteiger partial charge >= 0.3 is 0 Å². The van der Waals surface area contributed by atoms with Gasteiger partial charge in [-0.15, -0.1) is 0 Å². The molecule has 0 bridgehead atoms. The quantitative estimate of drug-likeness (QED) is 0.846. The van der Waals surface area contributed by atoms with Crippen molar-refractivity contribution in [3.63, 3.8) is 0 Å². The topological polar surface area (TPSA) is 107 Å². The predicted molar refractivity (Wildman–Crippen MR) is 82.4 cm³/mol. The van der Waals surface area contributed by atoms with Crippen molar-refractivity contribution in [1.29, 1.82) is 0 Å². The fourth-order valence-electron chi connectivity index (χ4n) is 2.59. The van der Waals surface area contributed by atoms with Crippen molar-refractivity contribution in [2.75, 3.05) is 23.9 Å². The molecule has 8 nitrogen and oxygen atoms in total. The molecule has 1 aliphatic carbocycles. The largest absolute Gasteiger partial charge is 0.368 e. The van der Waals surface area contributed by atoms with Gasteiger partial charge < -0.3 is 11.1 Å². The van der Waals surface area contributed by atoms with Gasteiger partial charge in [-0.25, -0.2) is 4.98 Å². The molecule has 0 saturated heterocycles. The van der Waals surface area contributed by atoms with Gasteiger partial charge in [-0.3, -0.25) is 0 Å². The van der Waals surface area contributed by atoms with Crippen molar-refractivity contribution in [3.8, 4) is 5.95 Å². The molecule has 21 heavy (non-hydrogen) atoms. The maximum Gasteiger partial charge on any atom is 0.258 e. The molecule has 0 amide bonds. The molecule has 2 aromatic heterocycles. The molecule has 1 aliphatic rings. The van der Waals surface area contributed by atoms with Crippen LogP contribution in [0.3, 0.4) is 0 Å². The zero-order valence-corrected chi connectivity index (χ0v) is 12.7. The molecule has 0 spiro atoms. The van der Waals surface area contributed by atoms with Crippen molar-refractivity contribution < 1.29 is 0 Å². The highest BCUT2D eigenvalue weighted by molar-refractivity contribution is 8.00. The highest BCUT2D eigenvalue weighted by Gasteiger charge is 2.32. The Morgan fingerprint density at radius 2 is 2.14 bits per heavy atom. The molecule has 0 atom stereocenters. The molecular formula is C12H18N8S. The summed E-state index contributed by atoms with van der Waals surface area (Å²) in [5, 5.41) is 7.30. The molecule has 0 radical (unpaired) electrons. The third-order valence-corrected chi connectivity index (χ3v) is 5.20. The highest BCUT2D eigenvalue weighted by atomic mass is 32.2. The van der Waals surface area contributed by atoms with Crippen LogP contribution in [0.15, 0.2) is 12.7 Å². The second kappa shape index (κ2) is 5.84. The van der Waals surface area contributed by atoms with Crippen LogP contribution in [-0.2, 0) is 0 Å². The summed E-state index contributed by atoms with van der Waals surface area (Å²) in [7, 11) is 0. The molecule has 0 unspecified atom stereocenters. The minimum absolute atomic E-state index is 0.169. The first-order valence-electron chi connectivity index (χ1n) is 6.86. The van der Waals surface area contributed by atoms with E-state index in [-0.39, 0.29) is 10.7 Å². The Morgan fingerprint density at radius 1 is 1.33 bits per heavy atom. The van der Waals surface area contributed by atoms with Crippen molar-refractivity contribution in [1.82, 2.24) is 29.7 Å². The summed E-state index contributed by atoms with van der Waals surface area (Å²) in [5.74, 6) is 1.02. The second-order valence-corrected chi connectivity index (χ2v) is 6.38. The minimum Gasteiger partial charge on any atom is -0.368 e. The second-order valence-electron chi connectivity index (χ2n) is 5.11. The van der Waals surface area contributed by atoms with Gasteiger partial charge in [0.05, 0.1) is 0 Å². The van der Waals surface area contributed by atoms with Crippen LogP contribution in [0, 0.1) is 0 Å². The fourth-order valence-corrected chi connectivity index (χ4v) is 3.50. The van der Waals surface area contributed by atoms with Crippen molar-refractivity contribution in [2.45, 2.75) is 30.4 Å². The SMILES string of the molecule is CSC1(CNc2nc(N)nc(-n3cncn3)n2)CCCC1. The van der Waals surface area contributed by atoms with E-state index in [1.165, 1.54) is 43.0 Å². The zero-order valence-electron chi connectivity index (χ0n) is 11.9. The molecule has 2 heterocycles. The maximum absolute atomic E-state index is 5.75. The number of nitrogens with two attached hydrogens (primary N) is 1. The van der Waals surface area contributed by atoms with E-state index in [9.17, 15) is 0 Å². The number of nitrogen functional groups attached to an aromatic ring is 1. The lowest BCUT2D eigenvalue weighted by atomic mass is 10.1. The summed E-state index contributed by atoms with van der Waals surface area (Å²) >= 11 is 1.91. The van der Waals surface area contributed by atoms with E-state index >= 15 is 0 Å². The monoisotopic (exact) mass is 306 g/mol. The van der Waals surface area contributed by atoms with Crippen LogP contribution in [0.25, 0.3) is 5.95 Å². The van der Waals surface area contributed by atoms with E-state index in [4.69, 9.17) is 5.73 Å². The fraction of sp³-hybridized carbons (Fsp3) is 0.583. The summed E-state index contributed by atoms with van der Waals surface area (Å²) in [6.45, 7) is 0.828. The number of hydrogen-bond acceptors (Lipinski definition) is 8. The van der Waals surface area contributed by atoms with Crippen LogP contribution in [-0.4, -0.2) is 47.3 Å². The van der Waals surface area contributed by atoms with E-state index in [1.807, 2.05) is 11.8 Å². The van der Waals surface area contributed by atoms with Gasteiger partial charge in [0, 0.05) is 11.3 Å². The minimum atomic E-state index is 0.169. The molecule has 0 aliphatic heterocycles. The first-order valence-corrected chi connectivity index (χ1v) is 8.09. The lowest BCUT2D eigenvalue weighted by Gasteiger charge is -2.26. The number of nitrogens with zero attached hydrogens (tertiary/aromatic N) is 6. The van der Waals surface area contributed by atoms with E-state index in [1.54, 1.807) is 0 Å². The standard InChI is InChI=1S/C12H18N8S/c1-21-12(4-2-3-5-12)6-15-10-17-9(13)18-11(19-10)20-8-14-7-16-20/h7-8H,2-6H2,1H3,(H3,13,15,17,18,19). The van der Waals surface area contributed by atoms with Crippen LogP contribution in [0.1, 0.15) is 25.7 Å². The van der Waals surface area contributed by atoms with E-state index in [2.05, 4.69) is 36.6 Å². The average molecular weight is 306 g/mol. The summed E-state index contributed by atoms with van der Waals surface area (Å²) < 4.78 is 1.73. The number of thioether (sulfide) groups is 1. The van der Waals surface area contributed by atoms with Crippen molar-refractivity contribution >= 4 is 23.7 Å². The Bertz CT molecular complexity index is 593. The summed E-state index contributed by atoms with van der Waals surface area (Å²) in [5.41, 5.74) is 5.75. The molecule has 0 aromatic carbocycles. The molecule has 3 rings (SSSR count). The molecule has 1 saturated carbocycles. The molecule has 1 fully saturated rings. The summed E-state index contributed by atoms with van der Waals surface area (Å²) in [6.07, 6.45) is 10.1. The van der Waals surface area contributed by atoms with Crippen LogP contribution in [0.5, 0.6) is 0 Å². The van der Waals surface area contributed by atoms with Crippen LogP contribution >= 0.6 is 11.8 Å². The van der Waals surface area contributed by atoms with Gasteiger partial charge in [0.25, 0.3) is 5.95 Å². The molecule has 9 heteroatoms. The van der Waals surface area contributed by atoms with Crippen molar-refractivity contribution in [2.24, 2.45) is 0 Å². The number of aromatic nitrogens is 6. The Morgan fingerprint density at radius 3 is 2.81 bits per heavy atom. The van der Waals surface area contributed by atoms with Crippen LogP contribution < -0.4 is 11.1 Å². The highest BCUT2D eigenvalue weighted by Crippen LogP contribution is 2.40. The number of nitrogens with one attached hydrogen (secondary N) is 1. The van der Waals surface area contributed by atoms with E-state index in [0.29, 0.717) is 11.9 Å². The van der Waals surface area contributed by atoms with Crippen molar-refractivity contribution in [3.05, 3.63) is 12.7 Å². The molecule has 3 N–H and O–H groups in total. The Hall–Kier alpha value is -1.90. The van der Waals surface area contributed by atoms with Gasteiger partial charge in [-0.2, -0.15) is 36.5 Å². The Kier molecular flexibility index (Phi) is 3.91. The molecule has 2 aromatic rings. The van der Waals surface area contributed by atoms with E-state index < -0.39 is 0 Å². The van der Waals surface area contributed by atoms with Gasteiger partial charge in [0.2, 0.25) is 11.9 Å². The normalized spacial score (nSPS) is 17.0. The van der Waals surface area contributed by atoms with Crippen LogP contribution in [0.4, 0.5) is 11.9 Å². The van der Waals surface area contributed by atoms with Gasteiger partial charge in [0.1, 0.15) is 12.7 Å². The number of hydrogen-bond donors (Lipinski definition) is 2. The van der Waals surface area contributed by atoms with Gasteiger partial charge in [-0.1, -0.05) is 12.8 Å². The lowest BCUT2D eigenvalue weighted by molar-refractivity contribution is 0.636. The average Bonchev–Trinajstić information content (AvgIpc) is 3.17.